The fraction of sp³-hybridized carbons (Fsp3) is 0.500. The molecular formula is C14H21NO5S. The zero-order chi connectivity index (χ0) is 15.9. The number of nitrogens with one attached hydrogen (secondary N) is 1. The van der Waals surface area contributed by atoms with Crippen LogP contribution in [0.1, 0.15) is 26.7 Å². The van der Waals surface area contributed by atoms with Crippen LogP contribution in [0.3, 0.4) is 0 Å². The van der Waals surface area contributed by atoms with Crippen LogP contribution >= 0.6 is 0 Å². The number of benzene rings is 1. The molecule has 0 radical (unpaired) electrons. The monoisotopic (exact) mass is 315 g/mol. The van der Waals surface area contributed by atoms with Gasteiger partial charge in [0.25, 0.3) is 0 Å². The van der Waals surface area contributed by atoms with E-state index in [0.29, 0.717) is 18.8 Å². The molecule has 0 amide bonds. The van der Waals surface area contributed by atoms with Crippen molar-refractivity contribution in [3.8, 4) is 5.75 Å². The quantitative estimate of drug-likeness (QED) is 0.739. The molecule has 0 aliphatic carbocycles. The van der Waals surface area contributed by atoms with E-state index in [1.54, 1.807) is 19.1 Å². The number of hydrogen-bond donors (Lipinski definition) is 1. The number of ether oxygens (including phenoxy) is 2. The SMILES string of the molecule is CCOc1ccc(S(=O)(=O)NC(CC)CC(=O)OC)cc1. The highest BCUT2D eigenvalue weighted by Crippen LogP contribution is 2.17. The highest BCUT2D eigenvalue weighted by molar-refractivity contribution is 7.89. The van der Waals surface area contributed by atoms with Crippen LogP contribution in [0.15, 0.2) is 29.2 Å². The lowest BCUT2D eigenvalue weighted by molar-refractivity contribution is -0.141. The van der Waals surface area contributed by atoms with Crippen molar-refractivity contribution in [1.82, 2.24) is 4.72 Å². The van der Waals surface area contributed by atoms with Crippen LogP contribution < -0.4 is 9.46 Å². The molecule has 21 heavy (non-hydrogen) atoms. The van der Waals surface area contributed by atoms with Gasteiger partial charge in [-0.3, -0.25) is 4.79 Å². The first-order valence-corrected chi connectivity index (χ1v) is 8.23. The molecule has 0 spiro atoms. The number of methoxy groups -OCH3 is 1. The molecule has 1 aromatic carbocycles. The average molecular weight is 315 g/mol. The molecule has 0 aliphatic rings. The standard InChI is InChI=1S/C14H21NO5S/c1-4-11(10-14(16)19-3)15-21(17,18)13-8-6-12(7-9-13)20-5-2/h6-9,11,15H,4-5,10H2,1-3H3. The zero-order valence-corrected chi connectivity index (χ0v) is 13.3. The predicted octanol–water partition coefficient (Wildman–Crippen LogP) is 1.71. The predicted molar refractivity (Wildman–Crippen MR) is 78.6 cm³/mol. The lowest BCUT2D eigenvalue weighted by atomic mass is 10.2. The van der Waals surface area contributed by atoms with E-state index in [2.05, 4.69) is 9.46 Å². The maximum atomic E-state index is 12.2. The summed E-state index contributed by atoms with van der Waals surface area (Å²) >= 11 is 0. The molecule has 0 bridgehead atoms. The Kier molecular flexibility index (Phi) is 6.64. The van der Waals surface area contributed by atoms with Gasteiger partial charge in [-0.05, 0) is 37.6 Å². The lowest BCUT2D eigenvalue weighted by Gasteiger charge is -2.16. The Morgan fingerprint density at radius 3 is 2.33 bits per heavy atom. The normalized spacial score (nSPS) is 12.7. The maximum absolute atomic E-state index is 12.2. The second kappa shape index (κ2) is 7.99. The first-order chi connectivity index (χ1) is 9.92. The Bertz CT molecular complexity index is 553. The lowest BCUT2D eigenvalue weighted by Crippen LogP contribution is -2.36. The van der Waals surface area contributed by atoms with Gasteiger partial charge < -0.3 is 9.47 Å². The van der Waals surface area contributed by atoms with Crippen LogP contribution in [-0.2, 0) is 19.6 Å². The van der Waals surface area contributed by atoms with Crippen LogP contribution in [0.2, 0.25) is 0 Å². The topological polar surface area (TPSA) is 81.7 Å². The molecule has 7 heteroatoms. The van der Waals surface area contributed by atoms with Gasteiger partial charge in [0.1, 0.15) is 5.75 Å². The van der Waals surface area contributed by atoms with Crippen molar-refractivity contribution in [3.63, 3.8) is 0 Å². The Morgan fingerprint density at radius 1 is 1.24 bits per heavy atom. The van der Waals surface area contributed by atoms with E-state index in [4.69, 9.17) is 4.74 Å². The van der Waals surface area contributed by atoms with Gasteiger partial charge in [-0.15, -0.1) is 0 Å². The van der Waals surface area contributed by atoms with Crippen molar-refractivity contribution in [2.75, 3.05) is 13.7 Å². The fourth-order valence-electron chi connectivity index (χ4n) is 1.72. The molecule has 0 aliphatic heterocycles. The number of carbonyl (C=O) groups is 1. The third-order valence-corrected chi connectivity index (χ3v) is 4.44. The Balaban J connectivity index is 2.81. The summed E-state index contributed by atoms with van der Waals surface area (Å²) in [5.41, 5.74) is 0. The van der Waals surface area contributed by atoms with E-state index in [1.165, 1.54) is 19.2 Å². The highest BCUT2D eigenvalue weighted by Gasteiger charge is 2.21. The van der Waals surface area contributed by atoms with E-state index in [9.17, 15) is 13.2 Å². The number of carbonyl (C=O) groups excluding carboxylic acids is 1. The molecule has 0 fully saturated rings. The van der Waals surface area contributed by atoms with Crippen molar-refractivity contribution in [3.05, 3.63) is 24.3 Å². The van der Waals surface area contributed by atoms with Gasteiger partial charge in [0, 0.05) is 6.04 Å². The molecule has 1 N–H and O–H groups in total. The van der Waals surface area contributed by atoms with Crippen LogP contribution in [0.4, 0.5) is 0 Å². The minimum Gasteiger partial charge on any atom is -0.494 e. The molecule has 1 rings (SSSR count). The average Bonchev–Trinajstić information content (AvgIpc) is 2.47. The van der Waals surface area contributed by atoms with Gasteiger partial charge in [-0.2, -0.15) is 0 Å². The first kappa shape index (κ1) is 17.5. The smallest absolute Gasteiger partial charge is 0.307 e. The van der Waals surface area contributed by atoms with Crippen molar-refractivity contribution in [1.29, 1.82) is 0 Å². The minimum atomic E-state index is -3.67. The first-order valence-electron chi connectivity index (χ1n) is 6.75. The van der Waals surface area contributed by atoms with Gasteiger partial charge >= 0.3 is 5.97 Å². The summed E-state index contributed by atoms with van der Waals surface area (Å²) in [5, 5.41) is 0. The van der Waals surface area contributed by atoms with E-state index >= 15 is 0 Å². The number of sulfonamides is 1. The molecule has 118 valence electrons. The molecule has 0 saturated carbocycles. The summed E-state index contributed by atoms with van der Waals surface area (Å²) in [6, 6.07) is 5.64. The van der Waals surface area contributed by atoms with Crippen LogP contribution in [0, 0.1) is 0 Å². The van der Waals surface area contributed by atoms with Gasteiger partial charge in [-0.1, -0.05) is 6.92 Å². The van der Waals surface area contributed by atoms with E-state index < -0.39 is 22.0 Å². The number of esters is 1. The zero-order valence-electron chi connectivity index (χ0n) is 12.5. The summed E-state index contributed by atoms with van der Waals surface area (Å²) in [6.45, 7) is 4.17. The molecule has 0 aromatic heterocycles. The van der Waals surface area contributed by atoms with E-state index in [1.807, 2.05) is 6.92 Å². The highest BCUT2D eigenvalue weighted by atomic mass is 32.2. The van der Waals surface area contributed by atoms with Crippen LogP contribution in [0.5, 0.6) is 5.75 Å². The van der Waals surface area contributed by atoms with Crippen molar-refractivity contribution < 1.29 is 22.7 Å². The molecule has 1 aromatic rings. The molecule has 1 atom stereocenters. The summed E-state index contributed by atoms with van der Waals surface area (Å²) in [6.07, 6.45) is 0.495. The number of hydrogen-bond acceptors (Lipinski definition) is 5. The third-order valence-electron chi connectivity index (χ3n) is 2.90. The van der Waals surface area contributed by atoms with E-state index in [-0.39, 0.29) is 11.3 Å². The maximum Gasteiger partial charge on any atom is 0.307 e. The van der Waals surface area contributed by atoms with Gasteiger partial charge in [0.15, 0.2) is 0 Å². The van der Waals surface area contributed by atoms with Crippen molar-refractivity contribution in [2.45, 2.75) is 37.6 Å². The van der Waals surface area contributed by atoms with E-state index in [0.717, 1.165) is 0 Å². The number of rotatable bonds is 8. The van der Waals surface area contributed by atoms with Gasteiger partial charge in [-0.25, -0.2) is 13.1 Å². The molecule has 1 unspecified atom stereocenters. The largest absolute Gasteiger partial charge is 0.494 e. The molecule has 6 nitrogen and oxygen atoms in total. The Hall–Kier alpha value is -1.60. The van der Waals surface area contributed by atoms with Crippen LogP contribution in [0.25, 0.3) is 0 Å². The fourth-order valence-corrected chi connectivity index (χ4v) is 3.04. The van der Waals surface area contributed by atoms with Crippen molar-refractivity contribution >= 4 is 16.0 Å². The summed E-state index contributed by atoms with van der Waals surface area (Å²) in [7, 11) is -2.40. The second-order valence-electron chi connectivity index (χ2n) is 4.41. The second-order valence-corrected chi connectivity index (χ2v) is 6.13. The molecule has 0 saturated heterocycles. The molecule has 0 heterocycles. The van der Waals surface area contributed by atoms with Gasteiger partial charge in [0.2, 0.25) is 10.0 Å². The minimum absolute atomic E-state index is 0.00323. The van der Waals surface area contributed by atoms with Crippen LogP contribution in [-0.4, -0.2) is 34.1 Å². The third kappa shape index (κ3) is 5.35. The summed E-state index contributed by atoms with van der Waals surface area (Å²) in [5.74, 6) is 0.161. The summed E-state index contributed by atoms with van der Waals surface area (Å²) in [4.78, 5) is 11.4. The summed E-state index contributed by atoms with van der Waals surface area (Å²) < 4.78 is 36.8. The molecular weight excluding hydrogens is 294 g/mol. The van der Waals surface area contributed by atoms with Gasteiger partial charge in [0.05, 0.1) is 25.0 Å². The Labute approximate surface area is 125 Å². The van der Waals surface area contributed by atoms with Crippen molar-refractivity contribution in [2.24, 2.45) is 0 Å². The Morgan fingerprint density at radius 2 is 1.86 bits per heavy atom.